The summed E-state index contributed by atoms with van der Waals surface area (Å²) in [6, 6.07) is 9.99. The van der Waals surface area contributed by atoms with E-state index in [2.05, 4.69) is 10.6 Å². The van der Waals surface area contributed by atoms with Crippen molar-refractivity contribution in [1.29, 1.82) is 0 Å². The topological polar surface area (TPSA) is 64.7 Å². The Morgan fingerprint density at radius 2 is 2.00 bits per heavy atom. The Hall–Kier alpha value is -2.24. The molecule has 3 amide bonds. The Labute approximate surface area is 144 Å². The van der Waals surface area contributed by atoms with Crippen LogP contribution in [0.1, 0.15) is 25.7 Å². The zero-order valence-electron chi connectivity index (χ0n) is 14.5. The van der Waals surface area contributed by atoms with Crippen LogP contribution in [0.2, 0.25) is 0 Å². The van der Waals surface area contributed by atoms with Gasteiger partial charge in [0.05, 0.1) is 0 Å². The minimum Gasteiger partial charge on any atom is -0.385 e. The van der Waals surface area contributed by atoms with Gasteiger partial charge in [0.15, 0.2) is 0 Å². The van der Waals surface area contributed by atoms with Crippen LogP contribution in [0.3, 0.4) is 0 Å². The van der Waals surface area contributed by atoms with Gasteiger partial charge in [-0.3, -0.25) is 4.79 Å². The average molecular weight is 332 g/mol. The fourth-order valence-corrected chi connectivity index (χ4v) is 2.75. The smallest absolute Gasteiger partial charge is 0.317 e. The lowest BCUT2D eigenvalue weighted by Crippen LogP contribution is -2.39. The van der Waals surface area contributed by atoms with Gasteiger partial charge in [-0.25, -0.2) is 4.79 Å². The van der Waals surface area contributed by atoms with Crippen LogP contribution < -0.4 is 10.6 Å². The van der Waals surface area contributed by atoms with Crippen LogP contribution in [0, 0.1) is 0 Å². The van der Waals surface area contributed by atoms with Crippen molar-refractivity contribution < 1.29 is 9.59 Å². The number of carbonyl (C=O) groups excluding carboxylic acids is 2. The molecule has 0 bridgehead atoms. The number of carbonyl (C=O) groups is 2. The third kappa shape index (κ3) is 6.10. The molecular weight excluding hydrogens is 304 g/mol. The van der Waals surface area contributed by atoms with Crippen molar-refractivity contribution in [1.82, 2.24) is 15.1 Å². The van der Waals surface area contributed by atoms with Crippen LogP contribution >= 0.6 is 0 Å². The van der Waals surface area contributed by atoms with Crippen molar-refractivity contribution in [2.75, 3.05) is 45.1 Å². The van der Waals surface area contributed by atoms with Crippen LogP contribution in [-0.2, 0) is 4.79 Å². The lowest BCUT2D eigenvalue weighted by Gasteiger charge is -2.19. The Kier molecular flexibility index (Phi) is 7.39. The molecule has 2 rings (SSSR count). The van der Waals surface area contributed by atoms with E-state index >= 15 is 0 Å². The predicted molar refractivity (Wildman–Crippen MR) is 96.0 cm³/mol. The Balaban J connectivity index is 1.51. The normalized spacial score (nSPS) is 13.9. The summed E-state index contributed by atoms with van der Waals surface area (Å²) in [7, 11) is 1.81. The average Bonchev–Trinajstić information content (AvgIpc) is 3.01. The van der Waals surface area contributed by atoms with Gasteiger partial charge in [-0.2, -0.15) is 0 Å². The molecule has 0 unspecified atom stereocenters. The maximum Gasteiger partial charge on any atom is 0.317 e. The first kappa shape index (κ1) is 18.1. The first-order valence-corrected chi connectivity index (χ1v) is 8.72. The monoisotopic (exact) mass is 332 g/mol. The van der Waals surface area contributed by atoms with E-state index in [0.29, 0.717) is 19.5 Å². The molecule has 1 aliphatic heterocycles. The molecule has 0 radical (unpaired) electrons. The van der Waals surface area contributed by atoms with E-state index in [9.17, 15) is 9.59 Å². The number of benzene rings is 1. The molecule has 1 aliphatic rings. The standard InChI is InChI=1S/C18H28N4O2/c1-21(13-6-11-19-16-8-3-2-4-9-16)18(24)20-12-7-15-22-14-5-10-17(22)23/h2-4,8-9,19H,5-7,10-15H2,1H3,(H,20,24). The highest BCUT2D eigenvalue weighted by Crippen LogP contribution is 2.09. The maximum atomic E-state index is 12.0. The summed E-state index contributed by atoms with van der Waals surface area (Å²) in [6.07, 6.45) is 3.33. The van der Waals surface area contributed by atoms with Gasteiger partial charge in [0.2, 0.25) is 5.91 Å². The molecule has 24 heavy (non-hydrogen) atoms. The number of rotatable bonds is 9. The Morgan fingerprint density at radius 3 is 2.71 bits per heavy atom. The zero-order chi connectivity index (χ0) is 17.2. The van der Waals surface area contributed by atoms with Crippen molar-refractivity contribution in [3.05, 3.63) is 30.3 Å². The van der Waals surface area contributed by atoms with Gasteiger partial charge in [0.1, 0.15) is 0 Å². The third-order valence-corrected chi connectivity index (χ3v) is 4.17. The minimum atomic E-state index is -0.0533. The molecule has 132 valence electrons. The van der Waals surface area contributed by atoms with Crippen molar-refractivity contribution in [2.45, 2.75) is 25.7 Å². The van der Waals surface area contributed by atoms with Gasteiger partial charge >= 0.3 is 6.03 Å². The van der Waals surface area contributed by atoms with Crippen molar-refractivity contribution >= 4 is 17.6 Å². The van der Waals surface area contributed by atoms with Crippen LogP contribution in [0.15, 0.2) is 30.3 Å². The molecule has 6 heteroatoms. The number of anilines is 1. The quantitative estimate of drug-likeness (QED) is 0.681. The molecule has 0 spiro atoms. The number of hydrogen-bond acceptors (Lipinski definition) is 3. The molecule has 1 fully saturated rings. The van der Waals surface area contributed by atoms with E-state index in [4.69, 9.17) is 0 Å². The molecule has 0 aliphatic carbocycles. The Bertz CT molecular complexity index is 521. The number of nitrogens with zero attached hydrogens (tertiary/aromatic N) is 2. The van der Waals surface area contributed by atoms with Gasteiger partial charge in [-0.05, 0) is 31.4 Å². The largest absolute Gasteiger partial charge is 0.385 e. The van der Waals surface area contributed by atoms with Crippen LogP contribution in [0.5, 0.6) is 0 Å². The lowest BCUT2D eigenvalue weighted by molar-refractivity contribution is -0.127. The zero-order valence-corrected chi connectivity index (χ0v) is 14.5. The number of nitrogens with one attached hydrogen (secondary N) is 2. The number of amides is 3. The van der Waals surface area contributed by atoms with Gasteiger partial charge in [0.25, 0.3) is 0 Å². The van der Waals surface area contributed by atoms with E-state index < -0.39 is 0 Å². The summed E-state index contributed by atoms with van der Waals surface area (Å²) >= 11 is 0. The van der Waals surface area contributed by atoms with Crippen molar-refractivity contribution in [2.24, 2.45) is 0 Å². The summed E-state index contributed by atoms with van der Waals surface area (Å²) in [4.78, 5) is 27.0. The number of hydrogen-bond donors (Lipinski definition) is 2. The van der Waals surface area contributed by atoms with Crippen molar-refractivity contribution in [3.63, 3.8) is 0 Å². The SMILES string of the molecule is CN(CCCNc1ccccc1)C(=O)NCCCN1CCCC1=O. The summed E-state index contributed by atoms with van der Waals surface area (Å²) in [5.74, 6) is 0.240. The molecule has 1 heterocycles. The molecule has 1 aromatic rings. The number of likely N-dealkylation sites (tertiary alicyclic amines) is 1. The fourth-order valence-electron chi connectivity index (χ4n) is 2.75. The molecule has 0 aromatic heterocycles. The molecular formula is C18H28N4O2. The summed E-state index contributed by atoms with van der Waals surface area (Å²) in [5, 5.41) is 6.24. The van der Waals surface area contributed by atoms with E-state index in [-0.39, 0.29) is 11.9 Å². The highest BCUT2D eigenvalue weighted by atomic mass is 16.2. The van der Waals surface area contributed by atoms with E-state index in [1.165, 1.54) is 0 Å². The minimum absolute atomic E-state index is 0.0533. The molecule has 0 saturated carbocycles. The molecule has 1 aromatic carbocycles. The molecule has 6 nitrogen and oxygen atoms in total. The predicted octanol–water partition coefficient (Wildman–Crippen LogP) is 2.14. The van der Waals surface area contributed by atoms with Gasteiger partial charge in [-0.15, -0.1) is 0 Å². The van der Waals surface area contributed by atoms with Crippen LogP contribution in [-0.4, -0.2) is 61.5 Å². The van der Waals surface area contributed by atoms with E-state index in [1.807, 2.05) is 42.3 Å². The molecule has 1 saturated heterocycles. The van der Waals surface area contributed by atoms with Crippen molar-refractivity contribution in [3.8, 4) is 0 Å². The van der Waals surface area contributed by atoms with E-state index in [1.54, 1.807) is 4.90 Å². The second-order valence-electron chi connectivity index (χ2n) is 6.14. The summed E-state index contributed by atoms with van der Waals surface area (Å²) < 4.78 is 0. The first-order valence-electron chi connectivity index (χ1n) is 8.72. The molecule has 0 atom stereocenters. The highest BCUT2D eigenvalue weighted by molar-refractivity contribution is 5.78. The number of urea groups is 1. The van der Waals surface area contributed by atoms with Gasteiger partial charge in [0, 0.05) is 51.9 Å². The van der Waals surface area contributed by atoms with Gasteiger partial charge < -0.3 is 20.4 Å². The maximum absolute atomic E-state index is 12.0. The second kappa shape index (κ2) is 9.80. The summed E-state index contributed by atoms with van der Waals surface area (Å²) in [5.41, 5.74) is 1.10. The Morgan fingerprint density at radius 1 is 1.21 bits per heavy atom. The van der Waals surface area contributed by atoms with Gasteiger partial charge in [-0.1, -0.05) is 18.2 Å². The summed E-state index contributed by atoms with van der Waals surface area (Å²) in [6.45, 7) is 3.75. The van der Waals surface area contributed by atoms with E-state index in [0.717, 1.165) is 44.6 Å². The second-order valence-corrected chi connectivity index (χ2v) is 6.14. The van der Waals surface area contributed by atoms with Crippen LogP contribution in [0.25, 0.3) is 0 Å². The van der Waals surface area contributed by atoms with Crippen LogP contribution in [0.4, 0.5) is 10.5 Å². The first-order chi connectivity index (χ1) is 11.7. The molecule has 2 N–H and O–H groups in total. The third-order valence-electron chi connectivity index (χ3n) is 4.17. The number of para-hydroxylation sites is 1. The highest BCUT2D eigenvalue weighted by Gasteiger charge is 2.19. The fraction of sp³-hybridized carbons (Fsp3) is 0.556. The lowest BCUT2D eigenvalue weighted by atomic mass is 10.3.